The highest BCUT2D eigenvalue weighted by Gasteiger charge is 2.25. The van der Waals surface area contributed by atoms with E-state index < -0.39 is 0 Å². The van der Waals surface area contributed by atoms with Gasteiger partial charge in [0.15, 0.2) is 0 Å². The summed E-state index contributed by atoms with van der Waals surface area (Å²) in [5, 5.41) is 0. The van der Waals surface area contributed by atoms with Crippen molar-refractivity contribution in [3.8, 4) is 11.1 Å². The van der Waals surface area contributed by atoms with Crippen molar-refractivity contribution in [1.29, 1.82) is 0 Å². The molecule has 1 aliphatic rings. The average Bonchev–Trinajstić information content (AvgIpc) is 2.55. The predicted octanol–water partition coefficient (Wildman–Crippen LogP) is 2.90. The number of hydrogen-bond acceptors (Lipinski definition) is 3. The number of pyridine rings is 1. The largest absolute Gasteiger partial charge is 0.371 e. The summed E-state index contributed by atoms with van der Waals surface area (Å²) >= 11 is 0. The Hall–Kier alpha value is -2.43. The Balaban J connectivity index is 1.93. The van der Waals surface area contributed by atoms with E-state index in [9.17, 15) is 9.18 Å². The van der Waals surface area contributed by atoms with Gasteiger partial charge in [-0.1, -0.05) is 12.1 Å². The first kappa shape index (κ1) is 15.5. The van der Waals surface area contributed by atoms with Gasteiger partial charge in [0.2, 0.25) is 5.91 Å². The highest BCUT2D eigenvalue weighted by molar-refractivity contribution is 5.81. The van der Waals surface area contributed by atoms with Gasteiger partial charge in [-0.3, -0.25) is 9.78 Å². The number of aromatic nitrogens is 1. The van der Waals surface area contributed by atoms with Crippen LogP contribution in [-0.4, -0.2) is 24.0 Å². The first-order valence-corrected chi connectivity index (χ1v) is 7.81. The molecule has 0 saturated carbocycles. The second kappa shape index (κ2) is 6.36. The molecule has 0 unspecified atom stereocenters. The van der Waals surface area contributed by atoms with Crippen LogP contribution in [-0.2, 0) is 4.79 Å². The molecule has 5 heteroatoms. The number of anilines is 1. The number of nitrogens with zero attached hydrogens (tertiary/aromatic N) is 2. The molecule has 0 aliphatic carbocycles. The maximum atomic E-state index is 13.2. The van der Waals surface area contributed by atoms with Crippen LogP contribution in [0, 0.1) is 18.7 Å². The Morgan fingerprint density at radius 2 is 1.87 bits per heavy atom. The van der Waals surface area contributed by atoms with Crippen molar-refractivity contribution < 1.29 is 9.18 Å². The highest BCUT2D eigenvalue weighted by atomic mass is 19.1. The summed E-state index contributed by atoms with van der Waals surface area (Å²) in [5.74, 6) is -0.504. The van der Waals surface area contributed by atoms with Crippen molar-refractivity contribution in [2.24, 2.45) is 11.7 Å². The summed E-state index contributed by atoms with van der Waals surface area (Å²) < 4.78 is 13.2. The molecule has 4 nitrogen and oxygen atoms in total. The number of aryl methyl sites for hydroxylation is 1. The molecule has 2 aromatic rings. The molecule has 1 amide bonds. The smallest absolute Gasteiger partial charge is 0.220 e. The number of carbonyl (C=O) groups excluding carboxylic acids is 1. The van der Waals surface area contributed by atoms with Crippen molar-refractivity contribution in [1.82, 2.24) is 4.98 Å². The van der Waals surface area contributed by atoms with Crippen LogP contribution < -0.4 is 10.6 Å². The number of nitrogens with two attached hydrogens (primary N) is 1. The average molecular weight is 313 g/mol. The Labute approximate surface area is 135 Å². The van der Waals surface area contributed by atoms with E-state index in [1.54, 1.807) is 12.1 Å². The van der Waals surface area contributed by atoms with Crippen molar-refractivity contribution in [2.75, 3.05) is 18.0 Å². The van der Waals surface area contributed by atoms with Crippen LogP contribution in [0.5, 0.6) is 0 Å². The first-order valence-electron chi connectivity index (χ1n) is 7.81. The van der Waals surface area contributed by atoms with Gasteiger partial charge in [-0.2, -0.15) is 0 Å². The fourth-order valence-electron chi connectivity index (χ4n) is 3.21. The third-order valence-corrected chi connectivity index (χ3v) is 4.47. The summed E-state index contributed by atoms with van der Waals surface area (Å²) in [6.07, 6.45) is 5.18. The number of halogens is 1. The molecule has 1 aliphatic heterocycles. The van der Waals surface area contributed by atoms with Crippen molar-refractivity contribution >= 4 is 11.6 Å². The van der Waals surface area contributed by atoms with E-state index in [0.29, 0.717) is 0 Å². The van der Waals surface area contributed by atoms with Gasteiger partial charge in [-0.15, -0.1) is 0 Å². The van der Waals surface area contributed by atoms with Gasteiger partial charge in [0.25, 0.3) is 0 Å². The summed E-state index contributed by atoms with van der Waals surface area (Å²) in [5.41, 5.74) is 9.52. The molecule has 0 spiro atoms. The molecule has 1 saturated heterocycles. The number of primary amides is 1. The molecule has 1 aromatic carbocycles. The first-order chi connectivity index (χ1) is 11.1. The van der Waals surface area contributed by atoms with E-state index in [4.69, 9.17) is 5.73 Å². The number of hydrogen-bond donors (Lipinski definition) is 1. The van der Waals surface area contributed by atoms with Gasteiger partial charge >= 0.3 is 0 Å². The maximum absolute atomic E-state index is 13.2. The standard InChI is InChI=1S/C18H20FN3O/c1-12-10-21-11-16(13-2-4-15(19)5-3-13)17(12)22-8-6-14(7-9-22)18(20)23/h2-5,10-11,14H,6-9H2,1H3,(H2,20,23). The molecule has 1 fully saturated rings. The van der Waals surface area contributed by atoms with Gasteiger partial charge in [0.1, 0.15) is 5.82 Å². The Morgan fingerprint density at radius 3 is 2.48 bits per heavy atom. The van der Waals surface area contributed by atoms with E-state index in [0.717, 1.165) is 48.3 Å². The fourth-order valence-corrected chi connectivity index (χ4v) is 3.21. The van der Waals surface area contributed by atoms with E-state index in [-0.39, 0.29) is 17.6 Å². The van der Waals surface area contributed by atoms with E-state index in [1.807, 2.05) is 19.3 Å². The van der Waals surface area contributed by atoms with Gasteiger partial charge < -0.3 is 10.6 Å². The number of piperidine rings is 1. The highest BCUT2D eigenvalue weighted by Crippen LogP contribution is 2.35. The summed E-state index contributed by atoms with van der Waals surface area (Å²) in [7, 11) is 0. The third kappa shape index (κ3) is 3.18. The van der Waals surface area contributed by atoms with Gasteiger partial charge in [0, 0.05) is 37.0 Å². The fraction of sp³-hybridized carbons (Fsp3) is 0.333. The molecule has 23 heavy (non-hydrogen) atoms. The quantitative estimate of drug-likeness (QED) is 0.948. The predicted molar refractivity (Wildman–Crippen MR) is 88.5 cm³/mol. The summed E-state index contributed by atoms with van der Waals surface area (Å²) in [4.78, 5) is 17.9. The van der Waals surface area contributed by atoms with E-state index >= 15 is 0 Å². The Bertz CT molecular complexity index is 707. The van der Waals surface area contributed by atoms with Crippen molar-refractivity contribution in [2.45, 2.75) is 19.8 Å². The minimum absolute atomic E-state index is 0.0392. The minimum Gasteiger partial charge on any atom is -0.371 e. The molecule has 120 valence electrons. The Morgan fingerprint density at radius 1 is 1.22 bits per heavy atom. The number of benzene rings is 1. The normalized spacial score (nSPS) is 15.7. The van der Waals surface area contributed by atoms with E-state index in [2.05, 4.69) is 9.88 Å². The molecule has 2 heterocycles. The minimum atomic E-state index is -0.252. The van der Waals surface area contributed by atoms with Crippen LogP contribution >= 0.6 is 0 Å². The lowest BCUT2D eigenvalue weighted by molar-refractivity contribution is -0.122. The Kier molecular flexibility index (Phi) is 4.28. The number of carbonyl (C=O) groups is 1. The van der Waals surface area contributed by atoms with Crippen LogP contribution in [0.25, 0.3) is 11.1 Å². The number of amides is 1. The van der Waals surface area contributed by atoms with Crippen molar-refractivity contribution in [3.63, 3.8) is 0 Å². The van der Waals surface area contributed by atoms with E-state index in [1.165, 1.54) is 12.1 Å². The third-order valence-electron chi connectivity index (χ3n) is 4.47. The second-order valence-corrected chi connectivity index (χ2v) is 6.02. The van der Waals surface area contributed by atoms with Crippen LogP contribution in [0.3, 0.4) is 0 Å². The zero-order chi connectivity index (χ0) is 16.4. The maximum Gasteiger partial charge on any atom is 0.220 e. The molecule has 3 rings (SSSR count). The molecule has 1 aromatic heterocycles. The monoisotopic (exact) mass is 313 g/mol. The summed E-state index contributed by atoms with van der Waals surface area (Å²) in [6, 6.07) is 6.46. The molecule has 0 bridgehead atoms. The second-order valence-electron chi connectivity index (χ2n) is 6.02. The number of rotatable bonds is 3. The lowest BCUT2D eigenvalue weighted by Crippen LogP contribution is -2.39. The summed E-state index contributed by atoms with van der Waals surface area (Å²) in [6.45, 7) is 3.59. The molecule has 2 N–H and O–H groups in total. The molecule has 0 atom stereocenters. The molecule has 0 radical (unpaired) electrons. The zero-order valence-corrected chi connectivity index (χ0v) is 13.1. The van der Waals surface area contributed by atoms with Gasteiger partial charge in [-0.05, 0) is 43.0 Å². The van der Waals surface area contributed by atoms with Gasteiger partial charge in [0.05, 0.1) is 5.69 Å². The molecular weight excluding hydrogens is 293 g/mol. The zero-order valence-electron chi connectivity index (χ0n) is 13.1. The lowest BCUT2D eigenvalue weighted by Gasteiger charge is -2.34. The molecular formula is C18H20FN3O. The SMILES string of the molecule is Cc1cncc(-c2ccc(F)cc2)c1N1CCC(C(N)=O)CC1. The lowest BCUT2D eigenvalue weighted by atomic mass is 9.94. The van der Waals surface area contributed by atoms with Crippen molar-refractivity contribution in [3.05, 3.63) is 48.0 Å². The van der Waals surface area contributed by atoms with Gasteiger partial charge in [-0.25, -0.2) is 4.39 Å². The topological polar surface area (TPSA) is 59.2 Å². The van der Waals surface area contributed by atoms with Crippen LogP contribution in [0.15, 0.2) is 36.7 Å². The van der Waals surface area contributed by atoms with Crippen LogP contribution in [0.2, 0.25) is 0 Å². The van der Waals surface area contributed by atoms with Crippen LogP contribution in [0.1, 0.15) is 18.4 Å². The van der Waals surface area contributed by atoms with Crippen LogP contribution in [0.4, 0.5) is 10.1 Å².